The summed E-state index contributed by atoms with van der Waals surface area (Å²) in [7, 11) is 0. The lowest BCUT2D eigenvalue weighted by atomic mass is 10.0. The molecule has 8 heteroatoms. The lowest BCUT2D eigenvalue weighted by Gasteiger charge is -2.24. The molecule has 0 aromatic carbocycles. The summed E-state index contributed by atoms with van der Waals surface area (Å²) in [6.45, 7) is 10.7. The molecular weight excluding hydrogens is 498 g/mol. The van der Waals surface area contributed by atoms with Gasteiger partial charge >= 0.3 is 17.9 Å². The molecule has 39 heavy (non-hydrogen) atoms. The highest BCUT2D eigenvalue weighted by atomic mass is 16.6. The number of rotatable bonds is 22. The van der Waals surface area contributed by atoms with Crippen molar-refractivity contribution in [2.45, 2.75) is 174 Å². The lowest BCUT2D eigenvalue weighted by Crippen LogP contribution is -2.44. The van der Waals surface area contributed by atoms with Crippen LogP contribution in [0.3, 0.4) is 0 Å². The summed E-state index contributed by atoms with van der Waals surface area (Å²) in [5.41, 5.74) is -1.19. The van der Waals surface area contributed by atoms with Gasteiger partial charge in [0.05, 0.1) is 0 Å². The number of unbranched alkanes of at least 4 members (excludes halogenated alkanes) is 13. The highest BCUT2D eigenvalue weighted by Crippen LogP contribution is 2.15. The number of hydrogen-bond donors (Lipinski definition) is 2. The number of carbonyl (C=O) groups excluding carboxylic acids is 3. The van der Waals surface area contributed by atoms with Crippen molar-refractivity contribution < 1.29 is 35.1 Å². The second kappa shape index (κ2) is 20.7. The third-order valence-electron chi connectivity index (χ3n) is 5.96. The fraction of sp³-hybridized carbons (Fsp3) is 0.871. The fourth-order valence-corrected chi connectivity index (χ4v) is 4.11. The monoisotopic (exact) mass is 556 g/mol. The Morgan fingerprint density at radius 3 is 1.41 bits per heavy atom. The van der Waals surface area contributed by atoms with Gasteiger partial charge in [0, 0.05) is 20.6 Å². The summed E-state index contributed by atoms with van der Waals surface area (Å²) in [5.74, 6) is -2.44. The molecule has 0 aliphatic rings. The highest BCUT2D eigenvalue weighted by Gasteiger charge is 2.27. The minimum absolute atomic E-state index is 0.0978. The van der Waals surface area contributed by atoms with Crippen molar-refractivity contribution in [2.24, 2.45) is 0 Å². The zero-order valence-corrected chi connectivity index (χ0v) is 25.6. The van der Waals surface area contributed by atoms with E-state index in [1.54, 1.807) is 20.8 Å². The number of carboxylic acids is 1. The van der Waals surface area contributed by atoms with Crippen molar-refractivity contribution >= 4 is 23.8 Å². The molecular formula is C31H57NO7. The molecule has 0 radical (unpaired) electrons. The van der Waals surface area contributed by atoms with Gasteiger partial charge in [0.15, 0.2) is 0 Å². The van der Waals surface area contributed by atoms with E-state index in [4.69, 9.17) is 16.0 Å². The van der Waals surface area contributed by atoms with Gasteiger partial charge in [-0.15, -0.1) is 0 Å². The molecule has 2 N–H and O–H groups in total. The largest absolute Gasteiger partial charge is 0.481 e. The third kappa shape index (κ3) is 25.9. The van der Waals surface area contributed by atoms with Crippen LogP contribution >= 0.6 is 0 Å². The number of nitrogens with one attached hydrogen (secondary N) is 1. The Morgan fingerprint density at radius 1 is 0.641 bits per heavy atom. The first kappa shape index (κ1) is 34.9. The Morgan fingerprint density at radius 2 is 1.03 bits per heavy atom. The first-order valence-corrected chi connectivity index (χ1v) is 15.0. The normalized spacial score (nSPS) is 13.7. The SMILES string of the molecule is [2H][C@H](CC(=O)O)C(NC(=O)CCCCCCCCCCCCCCCCC(=O)OC(C)(C)C)C(=O)OC(C)(C)C. The van der Waals surface area contributed by atoms with Crippen molar-refractivity contribution in [3.63, 3.8) is 0 Å². The molecule has 0 saturated carbocycles. The maximum Gasteiger partial charge on any atom is 0.329 e. The Bertz CT molecular complexity index is 743. The molecule has 0 aliphatic carbocycles. The van der Waals surface area contributed by atoms with Crippen LogP contribution in [0.4, 0.5) is 0 Å². The average Bonchev–Trinajstić information content (AvgIpc) is 2.79. The van der Waals surface area contributed by atoms with E-state index in [1.165, 1.54) is 51.4 Å². The van der Waals surface area contributed by atoms with E-state index in [-0.39, 0.29) is 18.3 Å². The van der Waals surface area contributed by atoms with E-state index in [2.05, 4.69) is 5.32 Å². The van der Waals surface area contributed by atoms with E-state index < -0.39 is 42.0 Å². The van der Waals surface area contributed by atoms with Gasteiger partial charge in [0.2, 0.25) is 5.91 Å². The van der Waals surface area contributed by atoms with Crippen LogP contribution < -0.4 is 5.32 Å². The van der Waals surface area contributed by atoms with Crippen molar-refractivity contribution in [2.75, 3.05) is 0 Å². The summed E-state index contributed by atoms with van der Waals surface area (Å²) in [6.07, 6.45) is 14.5. The Hall–Kier alpha value is -2.12. The fourth-order valence-electron chi connectivity index (χ4n) is 4.11. The number of carbonyl (C=O) groups is 4. The lowest BCUT2D eigenvalue weighted by molar-refractivity contribution is -0.159. The molecule has 0 saturated heterocycles. The molecule has 0 bridgehead atoms. The van der Waals surface area contributed by atoms with Crippen LogP contribution in [0.5, 0.6) is 0 Å². The molecule has 2 atom stereocenters. The molecule has 228 valence electrons. The highest BCUT2D eigenvalue weighted by molar-refractivity contribution is 5.85. The minimum Gasteiger partial charge on any atom is -0.481 e. The summed E-state index contributed by atoms with van der Waals surface area (Å²) in [6, 6.07) is -1.30. The van der Waals surface area contributed by atoms with Crippen LogP contribution in [-0.2, 0) is 28.7 Å². The summed E-state index contributed by atoms with van der Waals surface area (Å²) in [5, 5.41) is 11.5. The quantitative estimate of drug-likeness (QED) is 0.106. The molecule has 8 nitrogen and oxygen atoms in total. The van der Waals surface area contributed by atoms with Gasteiger partial charge in [-0.1, -0.05) is 77.0 Å². The Labute approximate surface area is 238 Å². The standard InChI is InChI=1S/C31H57NO7/c1-30(2,3)38-28(36)22-20-18-16-14-12-10-8-7-9-11-13-15-17-19-21-26(33)32-25(23-24-27(34)35)29(37)39-31(4,5)6/h25H,7-24H2,1-6H3,(H,32,33)(H,34,35)/i23D/t23-,25?/m1/s1. The van der Waals surface area contributed by atoms with Crippen molar-refractivity contribution in [1.82, 2.24) is 5.32 Å². The van der Waals surface area contributed by atoms with E-state index >= 15 is 0 Å². The zero-order chi connectivity index (χ0) is 30.6. The van der Waals surface area contributed by atoms with Crippen LogP contribution in [0.2, 0.25) is 0 Å². The van der Waals surface area contributed by atoms with Crippen molar-refractivity contribution in [3.05, 3.63) is 0 Å². The van der Waals surface area contributed by atoms with E-state index in [9.17, 15) is 19.2 Å². The number of amides is 1. The predicted octanol–water partition coefficient (Wildman–Crippen LogP) is 7.26. The van der Waals surface area contributed by atoms with Crippen molar-refractivity contribution in [1.29, 1.82) is 0 Å². The first-order chi connectivity index (χ1) is 18.6. The summed E-state index contributed by atoms with van der Waals surface area (Å²) >= 11 is 0. The van der Waals surface area contributed by atoms with E-state index in [0.29, 0.717) is 12.8 Å². The van der Waals surface area contributed by atoms with Crippen LogP contribution in [0.1, 0.15) is 158 Å². The van der Waals surface area contributed by atoms with Gasteiger partial charge in [-0.3, -0.25) is 14.4 Å². The predicted molar refractivity (Wildman–Crippen MR) is 154 cm³/mol. The van der Waals surface area contributed by atoms with Gasteiger partial charge in [-0.25, -0.2) is 4.79 Å². The molecule has 0 aromatic rings. The first-order valence-electron chi connectivity index (χ1n) is 15.6. The second-order valence-corrected chi connectivity index (χ2v) is 12.4. The minimum atomic E-state index is -1.31. The third-order valence-corrected chi connectivity index (χ3v) is 5.96. The number of esters is 2. The van der Waals surface area contributed by atoms with Gasteiger partial charge in [0.1, 0.15) is 17.2 Å². The maximum atomic E-state index is 12.4. The van der Waals surface area contributed by atoms with E-state index in [0.717, 1.165) is 32.1 Å². The maximum absolute atomic E-state index is 12.4. The molecule has 0 rings (SSSR count). The number of carboxylic acid groups (broad SMARTS) is 1. The van der Waals surface area contributed by atoms with Gasteiger partial charge in [0.25, 0.3) is 0 Å². The molecule has 0 fully saturated rings. The van der Waals surface area contributed by atoms with Gasteiger partial charge in [-0.05, 0) is 60.8 Å². The van der Waals surface area contributed by atoms with Crippen LogP contribution in [-0.4, -0.2) is 46.2 Å². The topological polar surface area (TPSA) is 119 Å². The van der Waals surface area contributed by atoms with Crippen LogP contribution in [0.15, 0.2) is 0 Å². The van der Waals surface area contributed by atoms with Gasteiger partial charge < -0.3 is 19.9 Å². The molecule has 1 unspecified atom stereocenters. The molecule has 1 amide bonds. The molecule has 0 spiro atoms. The van der Waals surface area contributed by atoms with Crippen molar-refractivity contribution in [3.8, 4) is 0 Å². The molecule has 0 aliphatic heterocycles. The summed E-state index contributed by atoms with van der Waals surface area (Å²) < 4.78 is 18.6. The number of aliphatic carboxylic acids is 1. The second-order valence-electron chi connectivity index (χ2n) is 12.4. The molecule has 0 aromatic heterocycles. The Balaban J connectivity index is 3.81. The van der Waals surface area contributed by atoms with Gasteiger partial charge in [-0.2, -0.15) is 0 Å². The zero-order valence-electron chi connectivity index (χ0n) is 26.6. The Kier molecular flexibility index (Phi) is 18.6. The number of ether oxygens (including phenoxy) is 2. The van der Waals surface area contributed by atoms with E-state index in [1.807, 2.05) is 20.8 Å². The smallest absolute Gasteiger partial charge is 0.329 e. The summed E-state index contributed by atoms with van der Waals surface area (Å²) in [4.78, 5) is 47.4. The number of hydrogen-bond acceptors (Lipinski definition) is 6. The molecule has 0 heterocycles. The average molecular weight is 557 g/mol. The van der Waals surface area contributed by atoms with Crippen LogP contribution in [0.25, 0.3) is 0 Å². The van der Waals surface area contributed by atoms with Crippen LogP contribution in [0, 0.1) is 0 Å².